The number of hydrogen-bond acceptors (Lipinski definition) is 5. The number of anilines is 2. The Morgan fingerprint density at radius 1 is 1.03 bits per heavy atom. The molecule has 1 amide bonds. The van der Waals surface area contributed by atoms with Gasteiger partial charge < -0.3 is 5.32 Å². The van der Waals surface area contributed by atoms with Crippen LogP contribution in [0, 0.1) is 0 Å². The van der Waals surface area contributed by atoms with Crippen molar-refractivity contribution < 1.29 is 13.2 Å². The van der Waals surface area contributed by atoms with Gasteiger partial charge in [0.15, 0.2) is 5.82 Å². The number of amides is 1. The Hall–Kier alpha value is -3.49. The summed E-state index contributed by atoms with van der Waals surface area (Å²) in [7, 11) is -3.26. The number of para-hydroxylation sites is 1. The molecule has 166 valence electrons. The highest BCUT2D eigenvalue weighted by molar-refractivity contribution is 7.93. The van der Waals surface area contributed by atoms with Crippen molar-refractivity contribution in [1.29, 1.82) is 0 Å². The molecule has 1 aliphatic rings. The Kier molecular flexibility index (Phi) is 5.47. The number of fused-ring (bicyclic) bond motifs is 1. The first-order chi connectivity index (χ1) is 15.9. The number of benzene rings is 3. The molecule has 1 fully saturated rings. The van der Waals surface area contributed by atoms with E-state index in [1.807, 2.05) is 24.3 Å². The molecule has 1 N–H and O–H groups in total. The fraction of sp³-hybridized carbons (Fsp3) is 0.125. The fourth-order valence-electron chi connectivity index (χ4n) is 3.79. The number of rotatable bonds is 4. The SMILES string of the molecule is O=C(Nc1ccc(Cl)c(-c2ncc3ccccc3n2)c1)c1ccc(N2CCCS2(=O)=O)cc1. The minimum absolute atomic E-state index is 0.148. The van der Waals surface area contributed by atoms with Crippen LogP contribution >= 0.6 is 11.6 Å². The van der Waals surface area contributed by atoms with Crippen LogP contribution in [0.4, 0.5) is 11.4 Å². The molecule has 0 atom stereocenters. The maximum atomic E-state index is 12.8. The van der Waals surface area contributed by atoms with E-state index >= 15 is 0 Å². The predicted molar refractivity (Wildman–Crippen MR) is 130 cm³/mol. The maximum Gasteiger partial charge on any atom is 0.255 e. The van der Waals surface area contributed by atoms with Crippen molar-refractivity contribution in [1.82, 2.24) is 9.97 Å². The lowest BCUT2D eigenvalue weighted by Crippen LogP contribution is -2.25. The van der Waals surface area contributed by atoms with E-state index < -0.39 is 10.0 Å². The molecule has 0 radical (unpaired) electrons. The van der Waals surface area contributed by atoms with Crippen LogP contribution in [0.3, 0.4) is 0 Å². The van der Waals surface area contributed by atoms with Gasteiger partial charge in [-0.2, -0.15) is 0 Å². The van der Waals surface area contributed by atoms with Crippen molar-refractivity contribution in [3.05, 3.63) is 83.5 Å². The first kappa shape index (κ1) is 21.4. The van der Waals surface area contributed by atoms with E-state index in [1.165, 1.54) is 4.31 Å². The van der Waals surface area contributed by atoms with Crippen LogP contribution in [0.2, 0.25) is 5.02 Å². The second kappa shape index (κ2) is 8.46. The standard InChI is InChI=1S/C24H19ClN4O3S/c25-21-11-8-18(14-20(21)23-26-15-17-4-1-2-5-22(17)28-23)27-24(30)16-6-9-19(10-7-16)29-12-3-13-33(29,31)32/h1-2,4-11,14-15H,3,12-13H2,(H,27,30). The van der Waals surface area contributed by atoms with Gasteiger partial charge in [-0.25, -0.2) is 18.4 Å². The Bertz CT molecular complexity index is 1470. The van der Waals surface area contributed by atoms with Gasteiger partial charge in [0.2, 0.25) is 10.0 Å². The molecule has 0 spiro atoms. The molecular weight excluding hydrogens is 460 g/mol. The number of sulfonamides is 1. The highest BCUT2D eigenvalue weighted by Gasteiger charge is 2.28. The first-order valence-electron chi connectivity index (χ1n) is 10.3. The Morgan fingerprint density at radius 2 is 1.82 bits per heavy atom. The Morgan fingerprint density at radius 3 is 2.58 bits per heavy atom. The van der Waals surface area contributed by atoms with Crippen molar-refractivity contribution in [3.8, 4) is 11.4 Å². The Balaban J connectivity index is 1.37. The molecule has 1 aliphatic heterocycles. The highest BCUT2D eigenvalue weighted by Crippen LogP contribution is 2.30. The summed E-state index contributed by atoms with van der Waals surface area (Å²) in [6, 6.07) is 19.3. The largest absolute Gasteiger partial charge is 0.322 e. The Labute approximate surface area is 196 Å². The molecule has 1 aromatic heterocycles. The predicted octanol–water partition coefficient (Wildman–Crippen LogP) is 4.74. The summed E-state index contributed by atoms with van der Waals surface area (Å²) < 4.78 is 25.6. The normalized spacial score (nSPS) is 15.0. The molecular formula is C24H19ClN4O3S. The van der Waals surface area contributed by atoms with Crippen LogP contribution in [0.5, 0.6) is 0 Å². The number of hydrogen-bond donors (Lipinski definition) is 1. The monoisotopic (exact) mass is 478 g/mol. The molecule has 0 saturated carbocycles. The van der Waals surface area contributed by atoms with Crippen molar-refractivity contribution in [3.63, 3.8) is 0 Å². The zero-order chi connectivity index (χ0) is 23.0. The van der Waals surface area contributed by atoms with Crippen LogP contribution in [-0.4, -0.2) is 36.6 Å². The molecule has 1 saturated heterocycles. The van der Waals surface area contributed by atoms with Gasteiger partial charge >= 0.3 is 0 Å². The molecule has 33 heavy (non-hydrogen) atoms. The van der Waals surface area contributed by atoms with Crippen LogP contribution in [0.25, 0.3) is 22.3 Å². The molecule has 0 unspecified atom stereocenters. The summed E-state index contributed by atoms with van der Waals surface area (Å²) in [5, 5.41) is 4.25. The van der Waals surface area contributed by atoms with Crippen molar-refractivity contribution in [2.45, 2.75) is 6.42 Å². The van der Waals surface area contributed by atoms with Crippen molar-refractivity contribution in [2.75, 3.05) is 21.9 Å². The smallest absolute Gasteiger partial charge is 0.255 e. The third-order valence-electron chi connectivity index (χ3n) is 5.47. The second-order valence-corrected chi connectivity index (χ2v) is 10.1. The zero-order valence-electron chi connectivity index (χ0n) is 17.4. The summed E-state index contributed by atoms with van der Waals surface area (Å²) >= 11 is 6.39. The van der Waals surface area contributed by atoms with Gasteiger partial charge in [0.1, 0.15) is 0 Å². The third kappa shape index (κ3) is 4.27. The molecule has 7 nitrogen and oxygen atoms in total. The molecule has 9 heteroatoms. The van der Waals surface area contributed by atoms with Crippen LogP contribution < -0.4 is 9.62 Å². The van der Waals surface area contributed by atoms with Gasteiger partial charge in [0.05, 0.1) is 22.0 Å². The third-order valence-corrected chi connectivity index (χ3v) is 7.67. The van der Waals surface area contributed by atoms with Gasteiger partial charge in [-0.1, -0.05) is 29.8 Å². The van der Waals surface area contributed by atoms with E-state index in [-0.39, 0.29) is 11.7 Å². The van der Waals surface area contributed by atoms with E-state index in [2.05, 4.69) is 15.3 Å². The van der Waals surface area contributed by atoms with Gasteiger partial charge in [-0.05, 0) is 55.0 Å². The molecule has 3 aromatic carbocycles. The summed E-state index contributed by atoms with van der Waals surface area (Å²) in [6.07, 6.45) is 2.34. The quantitative estimate of drug-likeness (QED) is 0.457. The van der Waals surface area contributed by atoms with Gasteiger partial charge in [0, 0.05) is 34.9 Å². The van der Waals surface area contributed by atoms with Gasteiger partial charge in [-0.3, -0.25) is 9.10 Å². The molecule has 4 aromatic rings. The fourth-order valence-corrected chi connectivity index (χ4v) is 5.55. The average molecular weight is 479 g/mol. The summed E-state index contributed by atoms with van der Waals surface area (Å²) in [4.78, 5) is 21.8. The van der Waals surface area contributed by atoms with Crippen LogP contribution in [0.1, 0.15) is 16.8 Å². The van der Waals surface area contributed by atoms with Crippen LogP contribution in [0.15, 0.2) is 72.9 Å². The topological polar surface area (TPSA) is 92.3 Å². The van der Waals surface area contributed by atoms with E-state index in [1.54, 1.807) is 48.7 Å². The number of carbonyl (C=O) groups is 1. The van der Waals surface area contributed by atoms with Crippen molar-refractivity contribution >= 4 is 49.8 Å². The maximum absolute atomic E-state index is 12.8. The number of nitrogens with zero attached hydrogens (tertiary/aromatic N) is 3. The van der Waals surface area contributed by atoms with Crippen molar-refractivity contribution in [2.24, 2.45) is 0 Å². The summed E-state index contributed by atoms with van der Waals surface area (Å²) in [5.41, 5.74) is 2.92. The van der Waals surface area contributed by atoms with E-state index in [9.17, 15) is 13.2 Å². The minimum Gasteiger partial charge on any atom is -0.322 e. The zero-order valence-corrected chi connectivity index (χ0v) is 19.0. The number of halogens is 1. The average Bonchev–Trinajstić information content (AvgIpc) is 3.19. The minimum atomic E-state index is -3.26. The lowest BCUT2D eigenvalue weighted by Gasteiger charge is -2.17. The highest BCUT2D eigenvalue weighted by atomic mass is 35.5. The first-order valence-corrected chi connectivity index (χ1v) is 12.3. The molecule has 0 bridgehead atoms. The van der Waals surface area contributed by atoms with Gasteiger partial charge in [-0.15, -0.1) is 0 Å². The summed E-state index contributed by atoms with van der Waals surface area (Å²) in [6.45, 7) is 0.457. The molecule has 2 heterocycles. The van der Waals surface area contributed by atoms with E-state index in [4.69, 9.17) is 11.6 Å². The van der Waals surface area contributed by atoms with E-state index in [0.717, 1.165) is 10.9 Å². The number of aromatic nitrogens is 2. The molecule has 5 rings (SSSR count). The molecule has 0 aliphatic carbocycles. The van der Waals surface area contributed by atoms with Crippen LogP contribution in [-0.2, 0) is 10.0 Å². The number of carbonyl (C=O) groups excluding carboxylic acids is 1. The number of nitrogens with one attached hydrogen (secondary N) is 1. The van der Waals surface area contributed by atoms with E-state index in [0.29, 0.717) is 46.3 Å². The summed E-state index contributed by atoms with van der Waals surface area (Å²) in [5.74, 6) is 0.291. The lowest BCUT2D eigenvalue weighted by atomic mass is 10.1. The second-order valence-electron chi connectivity index (χ2n) is 7.69. The van der Waals surface area contributed by atoms with Gasteiger partial charge in [0.25, 0.3) is 5.91 Å². The lowest BCUT2D eigenvalue weighted by molar-refractivity contribution is 0.102.